The summed E-state index contributed by atoms with van der Waals surface area (Å²) in [6.07, 6.45) is 6.41. The first-order valence-electron chi connectivity index (χ1n) is 7.26. The van der Waals surface area contributed by atoms with E-state index in [2.05, 4.69) is 12.2 Å². The van der Waals surface area contributed by atoms with Gasteiger partial charge < -0.3 is 15.8 Å². The van der Waals surface area contributed by atoms with Crippen LogP contribution in [-0.2, 0) is 4.74 Å². The van der Waals surface area contributed by atoms with Crippen LogP contribution in [0.2, 0.25) is 0 Å². The van der Waals surface area contributed by atoms with Crippen LogP contribution >= 0.6 is 0 Å². The lowest BCUT2D eigenvalue weighted by atomic mass is 9.75. The van der Waals surface area contributed by atoms with Crippen LogP contribution in [0.25, 0.3) is 0 Å². The maximum Gasteiger partial charge on any atom is 0.340 e. The number of anilines is 2. The maximum atomic E-state index is 11.8. The minimum atomic E-state index is -0.353. The molecular weight excluding hydrogens is 252 g/mol. The molecule has 0 aliphatic heterocycles. The second-order valence-corrected chi connectivity index (χ2v) is 6.02. The van der Waals surface area contributed by atoms with Gasteiger partial charge in [0, 0.05) is 17.9 Å². The highest BCUT2D eigenvalue weighted by Gasteiger charge is 2.27. The van der Waals surface area contributed by atoms with Crippen LogP contribution in [0.3, 0.4) is 0 Å². The molecule has 1 aliphatic rings. The summed E-state index contributed by atoms with van der Waals surface area (Å²) in [5.41, 5.74) is 7.94. The number of hydrogen-bond acceptors (Lipinski definition) is 4. The molecule has 20 heavy (non-hydrogen) atoms. The fourth-order valence-corrected chi connectivity index (χ4v) is 2.89. The summed E-state index contributed by atoms with van der Waals surface area (Å²) in [6.45, 7) is 3.19. The molecule has 0 spiro atoms. The van der Waals surface area contributed by atoms with Gasteiger partial charge in [0.15, 0.2) is 0 Å². The van der Waals surface area contributed by atoms with Crippen LogP contribution in [-0.4, -0.2) is 19.6 Å². The molecule has 2 rings (SSSR count). The summed E-state index contributed by atoms with van der Waals surface area (Å²) in [7, 11) is 1.39. The summed E-state index contributed by atoms with van der Waals surface area (Å²) in [5, 5.41) is 3.41. The van der Waals surface area contributed by atoms with Crippen LogP contribution < -0.4 is 11.1 Å². The number of benzene rings is 1. The Labute approximate surface area is 120 Å². The van der Waals surface area contributed by atoms with E-state index in [9.17, 15) is 4.79 Å². The van der Waals surface area contributed by atoms with Gasteiger partial charge in [-0.05, 0) is 36.5 Å². The standard InChI is InChI=1S/C16H24N2O2/c1-16(8-4-3-5-9-16)11-18-14-7-6-12(17)10-13(14)15(19)20-2/h6-7,10,18H,3-5,8-9,11,17H2,1-2H3. The molecule has 1 aliphatic carbocycles. The number of carbonyl (C=O) groups is 1. The van der Waals surface area contributed by atoms with E-state index in [1.54, 1.807) is 12.1 Å². The highest BCUT2D eigenvalue weighted by Crippen LogP contribution is 2.36. The second kappa shape index (κ2) is 6.16. The summed E-state index contributed by atoms with van der Waals surface area (Å²) < 4.78 is 4.81. The number of nitrogen functional groups attached to an aromatic ring is 1. The van der Waals surface area contributed by atoms with Gasteiger partial charge in [-0.2, -0.15) is 0 Å². The summed E-state index contributed by atoms with van der Waals surface area (Å²) >= 11 is 0. The molecule has 4 nitrogen and oxygen atoms in total. The molecule has 3 N–H and O–H groups in total. The smallest absolute Gasteiger partial charge is 0.340 e. The third-order valence-electron chi connectivity index (χ3n) is 4.22. The largest absolute Gasteiger partial charge is 0.465 e. The zero-order chi connectivity index (χ0) is 14.6. The molecule has 1 saturated carbocycles. The van der Waals surface area contributed by atoms with Crippen molar-refractivity contribution in [2.45, 2.75) is 39.0 Å². The first kappa shape index (κ1) is 14.7. The molecule has 1 aromatic rings. The van der Waals surface area contributed by atoms with E-state index in [0.717, 1.165) is 12.2 Å². The Balaban J connectivity index is 2.10. The Hall–Kier alpha value is -1.71. The summed E-state index contributed by atoms with van der Waals surface area (Å²) in [4.78, 5) is 11.8. The lowest BCUT2D eigenvalue weighted by Gasteiger charge is -2.34. The molecule has 0 atom stereocenters. The van der Waals surface area contributed by atoms with Crippen LogP contribution in [0.4, 0.5) is 11.4 Å². The van der Waals surface area contributed by atoms with Gasteiger partial charge in [-0.25, -0.2) is 4.79 Å². The van der Waals surface area contributed by atoms with Gasteiger partial charge in [0.2, 0.25) is 0 Å². The normalized spacial score (nSPS) is 17.5. The van der Waals surface area contributed by atoms with Crippen molar-refractivity contribution in [1.29, 1.82) is 0 Å². The van der Waals surface area contributed by atoms with Crippen LogP contribution in [0.1, 0.15) is 49.4 Å². The Morgan fingerprint density at radius 1 is 1.35 bits per heavy atom. The summed E-state index contributed by atoms with van der Waals surface area (Å²) in [5.74, 6) is -0.353. The van der Waals surface area contributed by atoms with E-state index >= 15 is 0 Å². The van der Waals surface area contributed by atoms with Gasteiger partial charge in [0.25, 0.3) is 0 Å². The zero-order valence-corrected chi connectivity index (χ0v) is 12.4. The Morgan fingerprint density at radius 3 is 2.70 bits per heavy atom. The van der Waals surface area contributed by atoms with Crippen LogP contribution in [0.15, 0.2) is 18.2 Å². The van der Waals surface area contributed by atoms with Gasteiger partial charge in [-0.15, -0.1) is 0 Å². The number of nitrogens with one attached hydrogen (secondary N) is 1. The Morgan fingerprint density at radius 2 is 2.05 bits per heavy atom. The Bertz CT molecular complexity index is 479. The van der Waals surface area contributed by atoms with E-state index in [4.69, 9.17) is 10.5 Å². The lowest BCUT2D eigenvalue weighted by molar-refractivity contribution is 0.0601. The molecule has 0 amide bonds. The van der Waals surface area contributed by atoms with E-state index in [0.29, 0.717) is 16.7 Å². The van der Waals surface area contributed by atoms with E-state index in [-0.39, 0.29) is 5.97 Å². The third kappa shape index (κ3) is 3.44. The van der Waals surface area contributed by atoms with E-state index in [1.807, 2.05) is 6.07 Å². The van der Waals surface area contributed by atoms with Crippen molar-refractivity contribution < 1.29 is 9.53 Å². The molecule has 4 heteroatoms. The monoisotopic (exact) mass is 276 g/mol. The minimum Gasteiger partial charge on any atom is -0.465 e. The number of nitrogens with two attached hydrogens (primary N) is 1. The molecule has 0 heterocycles. The van der Waals surface area contributed by atoms with Crippen molar-refractivity contribution in [3.8, 4) is 0 Å². The highest BCUT2D eigenvalue weighted by molar-refractivity contribution is 5.96. The van der Waals surface area contributed by atoms with Gasteiger partial charge in [0.1, 0.15) is 0 Å². The molecule has 0 radical (unpaired) electrons. The lowest BCUT2D eigenvalue weighted by Crippen LogP contribution is -2.29. The summed E-state index contributed by atoms with van der Waals surface area (Å²) in [6, 6.07) is 5.32. The maximum absolute atomic E-state index is 11.8. The van der Waals surface area contributed by atoms with Crippen LogP contribution in [0.5, 0.6) is 0 Å². The fourth-order valence-electron chi connectivity index (χ4n) is 2.89. The SMILES string of the molecule is COC(=O)c1cc(N)ccc1NCC1(C)CCCCC1. The van der Waals surface area contributed by atoms with Crippen molar-refractivity contribution in [3.05, 3.63) is 23.8 Å². The molecular formula is C16H24N2O2. The third-order valence-corrected chi connectivity index (χ3v) is 4.22. The van der Waals surface area contributed by atoms with Crippen molar-refractivity contribution in [1.82, 2.24) is 0 Å². The molecule has 0 unspecified atom stereocenters. The molecule has 0 bridgehead atoms. The van der Waals surface area contributed by atoms with Gasteiger partial charge >= 0.3 is 5.97 Å². The van der Waals surface area contributed by atoms with Gasteiger partial charge in [0.05, 0.1) is 12.7 Å². The predicted molar refractivity (Wildman–Crippen MR) is 81.9 cm³/mol. The molecule has 1 aromatic carbocycles. The van der Waals surface area contributed by atoms with Crippen molar-refractivity contribution in [2.24, 2.45) is 5.41 Å². The van der Waals surface area contributed by atoms with E-state index in [1.165, 1.54) is 39.2 Å². The Kier molecular flexibility index (Phi) is 4.53. The van der Waals surface area contributed by atoms with Crippen molar-refractivity contribution in [3.63, 3.8) is 0 Å². The van der Waals surface area contributed by atoms with Gasteiger partial charge in [-0.3, -0.25) is 0 Å². The molecule has 1 fully saturated rings. The van der Waals surface area contributed by atoms with E-state index < -0.39 is 0 Å². The zero-order valence-electron chi connectivity index (χ0n) is 12.4. The number of hydrogen-bond donors (Lipinski definition) is 2. The molecule has 0 aromatic heterocycles. The van der Waals surface area contributed by atoms with Gasteiger partial charge in [-0.1, -0.05) is 26.2 Å². The number of ether oxygens (including phenoxy) is 1. The highest BCUT2D eigenvalue weighted by atomic mass is 16.5. The fraction of sp³-hybridized carbons (Fsp3) is 0.562. The number of methoxy groups -OCH3 is 1. The molecule has 110 valence electrons. The second-order valence-electron chi connectivity index (χ2n) is 6.02. The average molecular weight is 276 g/mol. The average Bonchev–Trinajstić information content (AvgIpc) is 2.46. The number of esters is 1. The molecule has 0 saturated heterocycles. The van der Waals surface area contributed by atoms with Crippen LogP contribution in [0, 0.1) is 5.41 Å². The van der Waals surface area contributed by atoms with Crippen molar-refractivity contribution >= 4 is 17.3 Å². The first-order chi connectivity index (χ1) is 9.54. The topological polar surface area (TPSA) is 64.3 Å². The minimum absolute atomic E-state index is 0.313. The number of carbonyl (C=O) groups excluding carboxylic acids is 1. The first-order valence-corrected chi connectivity index (χ1v) is 7.26. The quantitative estimate of drug-likeness (QED) is 0.653. The van der Waals surface area contributed by atoms with Crippen molar-refractivity contribution in [2.75, 3.05) is 24.7 Å². The number of rotatable bonds is 4. The predicted octanol–water partition coefficient (Wildman–Crippen LogP) is 3.44.